The minimum atomic E-state index is -5.64. The van der Waals surface area contributed by atoms with Gasteiger partial charge in [-0.1, -0.05) is 0 Å². The van der Waals surface area contributed by atoms with Crippen molar-refractivity contribution in [2.45, 2.75) is 17.3 Å². The average molecular weight is 298 g/mol. The van der Waals surface area contributed by atoms with Crippen molar-refractivity contribution in [3.63, 3.8) is 0 Å². The molecule has 1 aromatic carbocycles. The van der Waals surface area contributed by atoms with E-state index < -0.39 is 32.0 Å². The highest BCUT2D eigenvalue weighted by atomic mass is 32.2. The van der Waals surface area contributed by atoms with Crippen LogP contribution in [0.25, 0.3) is 0 Å². The van der Waals surface area contributed by atoms with Gasteiger partial charge in [0.15, 0.2) is 0 Å². The van der Waals surface area contributed by atoms with Gasteiger partial charge in [-0.2, -0.15) is 13.2 Å². The molecule has 9 heteroatoms. The molecule has 5 nitrogen and oxygen atoms in total. The number of hydrogen-bond donors (Lipinski definition) is 0. The highest BCUT2D eigenvalue weighted by Crippen LogP contribution is 2.37. The van der Waals surface area contributed by atoms with Gasteiger partial charge >= 0.3 is 11.5 Å². The fourth-order valence-electron chi connectivity index (χ4n) is 1.19. The van der Waals surface area contributed by atoms with Gasteiger partial charge in [0.1, 0.15) is 16.4 Å². The number of ether oxygens (including phenoxy) is 2. The number of carbonyl (C=O) groups is 1. The number of hydrogen-bond acceptors (Lipinski definition) is 5. The number of sulfone groups is 1. The van der Waals surface area contributed by atoms with Crippen LogP contribution >= 0.6 is 0 Å². The number of halogens is 3. The highest BCUT2D eigenvalue weighted by Gasteiger charge is 2.48. The first-order chi connectivity index (χ1) is 8.59. The summed E-state index contributed by atoms with van der Waals surface area (Å²) >= 11 is 0. The van der Waals surface area contributed by atoms with Crippen LogP contribution < -0.4 is 9.47 Å². The van der Waals surface area contributed by atoms with Crippen molar-refractivity contribution < 1.29 is 35.9 Å². The number of alkyl halides is 3. The summed E-state index contributed by atoms with van der Waals surface area (Å²) in [6.07, 6.45) is 0. The molecule has 0 unspecified atom stereocenters. The Labute approximate surface area is 106 Å². The highest BCUT2D eigenvalue weighted by molar-refractivity contribution is 7.92. The van der Waals surface area contributed by atoms with Crippen LogP contribution in [-0.4, -0.2) is 27.0 Å². The van der Waals surface area contributed by atoms with Crippen LogP contribution in [0, 0.1) is 0 Å². The van der Waals surface area contributed by atoms with Crippen LogP contribution in [0.5, 0.6) is 11.5 Å². The predicted octanol–water partition coefficient (Wildman–Crippen LogP) is 1.91. The molecule has 0 bridgehead atoms. The van der Waals surface area contributed by atoms with Crippen LogP contribution in [0.15, 0.2) is 23.1 Å². The standard InChI is InChI=1S/C10H9F3O5S/c1-6(14)18-8-4-3-7(17-2)5-9(8)19(15,16)10(11,12)13/h3-5H,1-2H3. The van der Waals surface area contributed by atoms with Crippen molar-refractivity contribution in [1.29, 1.82) is 0 Å². The summed E-state index contributed by atoms with van der Waals surface area (Å²) in [7, 11) is -4.48. The van der Waals surface area contributed by atoms with Crippen LogP contribution in [-0.2, 0) is 14.6 Å². The van der Waals surface area contributed by atoms with E-state index in [1.807, 2.05) is 0 Å². The number of methoxy groups -OCH3 is 1. The van der Waals surface area contributed by atoms with Gasteiger partial charge in [0.2, 0.25) is 0 Å². The number of benzene rings is 1. The minimum absolute atomic E-state index is 0.112. The van der Waals surface area contributed by atoms with Gasteiger partial charge in [-0.15, -0.1) is 0 Å². The molecule has 0 amide bonds. The number of esters is 1. The third kappa shape index (κ3) is 3.16. The zero-order valence-electron chi connectivity index (χ0n) is 9.82. The molecule has 0 aliphatic rings. The monoisotopic (exact) mass is 298 g/mol. The molecule has 0 aliphatic carbocycles. The van der Waals surface area contributed by atoms with Crippen molar-refractivity contribution in [2.24, 2.45) is 0 Å². The van der Waals surface area contributed by atoms with Crippen molar-refractivity contribution in [3.05, 3.63) is 18.2 Å². The Morgan fingerprint density at radius 1 is 1.26 bits per heavy atom. The third-order valence-electron chi connectivity index (χ3n) is 2.00. The molecule has 0 aromatic heterocycles. The van der Waals surface area contributed by atoms with Crippen LogP contribution in [0.4, 0.5) is 13.2 Å². The van der Waals surface area contributed by atoms with Gasteiger partial charge in [-0.05, 0) is 12.1 Å². The molecule has 19 heavy (non-hydrogen) atoms. The molecule has 0 radical (unpaired) electrons. The predicted molar refractivity (Wildman–Crippen MR) is 57.5 cm³/mol. The topological polar surface area (TPSA) is 69.7 Å². The van der Waals surface area contributed by atoms with Crippen LogP contribution in [0.3, 0.4) is 0 Å². The normalized spacial score (nSPS) is 12.1. The maximum absolute atomic E-state index is 12.5. The summed E-state index contributed by atoms with van der Waals surface area (Å²) in [5.74, 6) is -1.76. The third-order valence-corrected chi connectivity index (χ3v) is 3.51. The van der Waals surface area contributed by atoms with Crippen molar-refractivity contribution in [1.82, 2.24) is 0 Å². The lowest BCUT2D eigenvalue weighted by Crippen LogP contribution is -2.24. The van der Waals surface area contributed by atoms with Crippen LogP contribution in [0.1, 0.15) is 6.92 Å². The van der Waals surface area contributed by atoms with Gasteiger partial charge in [-0.3, -0.25) is 4.79 Å². The van der Waals surface area contributed by atoms with Gasteiger partial charge in [0, 0.05) is 13.0 Å². The molecular weight excluding hydrogens is 289 g/mol. The Kier molecular flexibility index (Phi) is 4.09. The second-order valence-electron chi connectivity index (χ2n) is 3.36. The van der Waals surface area contributed by atoms with E-state index in [1.54, 1.807) is 0 Å². The number of carbonyl (C=O) groups excluding carboxylic acids is 1. The van der Waals surface area contributed by atoms with Gasteiger partial charge in [0.25, 0.3) is 9.84 Å². The summed E-state index contributed by atoms with van der Waals surface area (Å²) in [4.78, 5) is 9.60. The molecule has 1 aromatic rings. The molecule has 0 fully saturated rings. The smallest absolute Gasteiger partial charge is 0.497 e. The van der Waals surface area contributed by atoms with E-state index in [0.29, 0.717) is 6.07 Å². The maximum Gasteiger partial charge on any atom is 0.502 e. The molecule has 1 rings (SSSR count). The zero-order valence-corrected chi connectivity index (χ0v) is 10.6. The molecule has 0 aliphatic heterocycles. The summed E-state index contributed by atoms with van der Waals surface area (Å²) in [6, 6.07) is 2.73. The Bertz CT molecular complexity index is 592. The second kappa shape index (κ2) is 5.08. The lowest BCUT2D eigenvalue weighted by atomic mass is 10.3. The largest absolute Gasteiger partial charge is 0.502 e. The molecule has 0 atom stereocenters. The number of rotatable bonds is 3. The first-order valence-electron chi connectivity index (χ1n) is 4.77. The molecular formula is C10H9F3O5S. The lowest BCUT2D eigenvalue weighted by Gasteiger charge is -2.13. The summed E-state index contributed by atoms with van der Waals surface area (Å²) in [5, 5.41) is 0. The Morgan fingerprint density at radius 3 is 2.26 bits per heavy atom. The maximum atomic E-state index is 12.5. The Hall–Kier alpha value is -1.77. The van der Waals surface area contributed by atoms with Crippen molar-refractivity contribution >= 4 is 15.8 Å². The molecule has 0 saturated heterocycles. The van der Waals surface area contributed by atoms with Gasteiger partial charge in [-0.25, -0.2) is 8.42 Å². The van der Waals surface area contributed by atoms with E-state index in [2.05, 4.69) is 9.47 Å². The minimum Gasteiger partial charge on any atom is -0.497 e. The average Bonchev–Trinajstić information content (AvgIpc) is 2.27. The first kappa shape index (κ1) is 15.3. The van der Waals surface area contributed by atoms with E-state index in [9.17, 15) is 26.4 Å². The molecule has 0 saturated carbocycles. The lowest BCUT2D eigenvalue weighted by molar-refractivity contribution is -0.132. The fraction of sp³-hybridized carbons (Fsp3) is 0.300. The summed E-state index contributed by atoms with van der Waals surface area (Å²) in [5.41, 5.74) is -5.51. The zero-order chi connectivity index (χ0) is 14.8. The first-order valence-corrected chi connectivity index (χ1v) is 6.25. The van der Waals surface area contributed by atoms with Gasteiger partial charge < -0.3 is 9.47 Å². The summed E-state index contributed by atoms with van der Waals surface area (Å²) < 4.78 is 69.3. The Balaban J connectivity index is 3.50. The van der Waals surface area contributed by atoms with E-state index in [1.165, 1.54) is 6.07 Å². The van der Waals surface area contributed by atoms with Crippen molar-refractivity contribution in [2.75, 3.05) is 7.11 Å². The molecule has 0 N–H and O–H groups in total. The van der Waals surface area contributed by atoms with E-state index >= 15 is 0 Å². The quantitative estimate of drug-likeness (QED) is 0.630. The molecule has 106 valence electrons. The second-order valence-corrected chi connectivity index (χ2v) is 5.27. The van der Waals surface area contributed by atoms with E-state index in [4.69, 9.17) is 0 Å². The van der Waals surface area contributed by atoms with E-state index in [0.717, 1.165) is 20.1 Å². The Morgan fingerprint density at radius 2 is 1.84 bits per heavy atom. The fourth-order valence-corrected chi connectivity index (χ4v) is 2.08. The van der Waals surface area contributed by atoms with Crippen molar-refractivity contribution in [3.8, 4) is 11.5 Å². The SMILES string of the molecule is COc1ccc(OC(C)=O)c(S(=O)(=O)C(F)(F)F)c1. The van der Waals surface area contributed by atoms with E-state index in [-0.39, 0.29) is 5.75 Å². The molecule has 0 spiro atoms. The van der Waals surface area contributed by atoms with Crippen LogP contribution in [0.2, 0.25) is 0 Å². The van der Waals surface area contributed by atoms with Gasteiger partial charge in [0.05, 0.1) is 7.11 Å². The summed E-state index contributed by atoms with van der Waals surface area (Å²) in [6.45, 7) is 0.939. The molecule has 0 heterocycles.